The fourth-order valence-corrected chi connectivity index (χ4v) is 2.56. The SMILES string of the molecule is CC(C)C[C@@]1(C)CC(C(F)(F)F)=CCC1N. The first-order valence-corrected chi connectivity index (χ1v) is 5.67. The van der Waals surface area contributed by atoms with Crippen LogP contribution in [0.25, 0.3) is 0 Å². The molecule has 0 heterocycles. The van der Waals surface area contributed by atoms with E-state index < -0.39 is 17.2 Å². The zero-order chi connectivity index (χ0) is 12.6. The van der Waals surface area contributed by atoms with Gasteiger partial charge in [0.05, 0.1) is 0 Å². The van der Waals surface area contributed by atoms with Crippen LogP contribution in [0.5, 0.6) is 0 Å². The van der Waals surface area contributed by atoms with E-state index in [1.54, 1.807) is 0 Å². The molecule has 0 amide bonds. The van der Waals surface area contributed by atoms with Gasteiger partial charge < -0.3 is 5.73 Å². The highest BCUT2D eigenvalue weighted by atomic mass is 19.4. The molecule has 2 atom stereocenters. The molecule has 0 saturated carbocycles. The Kier molecular flexibility index (Phi) is 3.72. The number of allylic oxidation sites excluding steroid dienone is 1. The third kappa shape index (κ3) is 3.00. The summed E-state index contributed by atoms with van der Waals surface area (Å²) >= 11 is 0. The Morgan fingerprint density at radius 1 is 1.50 bits per heavy atom. The van der Waals surface area contributed by atoms with Crippen LogP contribution in [0, 0.1) is 11.3 Å². The molecule has 1 rings (SSSR count). The number of alkyl halides is 3. The van der Waals surface area contributed by atoms with Crippen molar-refractivity contribution in [1.29, 1.82) is 0 Å². The minimum absolute atomic E-state index is 0.0514. The Hall–Kier alpha value is -0.510. The molecule has 0 aliphatic heterocycles. The molecule has 0 fully saturated rings. The van der Waals surface area contributed by atoms with Crippen molar-refractivity contribution in [2.75, 3.05) is 0 Å². The van der Waals surface area contributed by atoms with E-state index in [9.17, 15) is 13.2 Å². The number of hydrogen-bond acceptors (Lipinski definition) is 1. The Labute approximate surface area is 94.9 Å². The second-order valence-corrected chi connectivity index (χ2v) is 5.50. The topological polar surface area (TPSA) is 26.0 Å². The fourth-order valence-electron chi connectivity index (χ4n) is 2.56. The maximum absolute atomic E-state index is 12.6. The first kappa shape index (κ1) is 13.6. The van der Waals surface area contributed by atoms with Crippen molar-refractivity contribution in [3.63, 3.8) is 0 Å². The van der Waals surface area contributed by atoms with E-state index in [2.05, 4.69) is 0 Å². The van der Waals surface area contributed by atoms with Gasteiger partial charge in [0.15, 0.2) is 0 Å². The molecule has 0 saturated heterocycles. The molecule has 1 nitrogen and oxygen atoms in total. The molecular weight excluding hydrogens is 215 g/mol. The molecule has 0 spiro atoms. The minimum atomic E-state index is -4.20. The Bertz CT molecular complexity index is 280. The van der Waals surface area contributed by atoms with Gasteiger partial charge in [-0.15, -0.1) is 0 Å². The van der Waals surface area contributed by atoms with Crippen molar-refractivity contribution in [3.05, 3.63) is 11.6 Å². The highest BCUT2D eigenvalue weighted by Crippen LogP contribution is 2.45. The predicted molar refractivity (Wildman–Crippen MR) is 58.9 cm³/mol. The molecule has 4 heteroatoms. The van der Waals surface area contributed by atoms with Crippen LogP contribution in [0.2, 0.25) is 0 Å². The lowest BCUT2D eigenvalue weighted by Crippen LogP contribution is -2.44. The standard InChI is InChI=1S/C12H20F3N/c1-8(2)6-11(3)7-9(12(13,14)15)4-5-10(11)16/h4,8,10H,5-7,16H2,1-3H3/t10?,11-/m0/s1. The molecule has 0 bridgehead atoms. The summed E-state index contributed by atoms with van der Waals surface area (Å²) in [6.45, 7) is 5.91. The van der Waals surface area contributed by atoms with Gasteiger partial charge in [0.1, 0.15) is 0 Å². The Morgan fingerprint density at radius 3 is 2.50 bits per heavy atom. The van der Waals surface area contributed by atoms with Crippen LogP contribution in [0.15, 0.2) is 11.6 Å². The lowest BCUT2D eigenvalue weighted by Gasteiger charge is -2.41. The van der Waals surface area contributed by atoms with Crippen molar-refractivity contribution >= 4 is 0 Å². The molecule has 16 heavy (non-hydrogen) atoms. The minimum Gasteiger partial charge on any atom is -0.327 e. The molecule has 2 N–H and O–H groups in total. The Morgan fingerprint density at radius 2 is 2.06 bits per heavy atom. The molecule has 0 radical (unpaired) electrons. The second kappa shape index (κ2) is 4.40. The third-order valence-electron chi connectivity index (χ3n) is 3.35. The molecule has 1 aliphatic carbocycles. The number of halogens is 3. The summed E-state index contributed by atoms with van der Waals surface area (Å²) in [5.41, 5.74) is 5.13. The zero-order valence-corrected chi connectivity index (χ0v) is 10.1. The molecule has 0 aromatic heterocycles. The first-order chi connectivity index (χ1) is 7.15. The van der Waals surface area contributed by atoms with Gasteiger partial charge >= 0.3 is 6.18 Å². The monoisotopic (exact) mass is 235 g/mol. The van der Waals surface area contributed by atoms with Gasteiger partial charge in [-0.3, -0.25) is 0 Å². The average molecular weight is 235 g/mol. The lowest BCUT2D eigenvalue weighted by molar-refractivity contribution is -0.100. The van der Waals surface area contributed by atoms with E-state index in [-0.39, 0.29) is 12.5 Å². The number of rotatable bonds is 2. The molecule has 1 unspecified atom stereocenters. The van der Waals surface area contributed by atoms with E-state index in [4.69, 9.17) is 5.73 Å². The highest BCUT2D eigenvalue weighted by Gasteiger charge is 2.43. The molecular formula is C12H20F3N. The van der Waals surface area contributed by atoms with Gasteiger partial charge in [0.25, 0.3) is 0 Å². The van der Waals surface area contributed by atoms with Crippen LogP contribution in [-0.4, -0.2) is 12.2 Å². The van der Waals surface area contributed by atoms with E-state index in [1.165, 1.54) is 6.08 Å². The van der Waals surface area contributed by atoms with Crippen molar-refractivity contribution in [2.24, 2.45) is 17.1 Å². The summed E-state index contributed by atoms with van der Waals surface area (Å²) in [6, 6.07) is -0.166. The normalized spacial score (nSPS) is 31.8. The van der Waals surface area contributed by atoms with Gasteiger partial charge in [0, 0.05) is 11.6 Å². The first-order valence-electron chi connectivity index (χ1n) is 5.67. The van der Waals surface area contributed by atoms with Crippen LogP contribution < -0.4 is 5.73 Å². The summed E-state index contributed by atoms with van der Waals surface area (Å²) in [5, 5.41) is 0. The van der Waals surface area contributed by atoms with Gasteiger partial charge in [-0.25, -0.2) is 0 Å². The molecule has 1 aliphatic rings. The molecule has 0 aromatic rings. The van der Waals surface area contributed by atoms with Crippen LogP contribution in [0.1, 0.15) is 40.0 Å². The maximum Gasteiger partial charge on any atom is 0.412 e. The quantitative estimate of drug-likeness (QED) is 0.726. The smallest absolute Gasteiger partial charge is 0.327 e. The molecule has 94 valence electrons. The largest absolute Gasteiger partial charge is 0.412 e. The van der Waals surface area contributed by atoms with Crippen molar-refractivity contribution in [2.45, 2.75) is 52.3 Å². The summed E-state index contributed by atoms with van der Waals surface area (Å²) in [6.07, 6.45) is -1.82. The zero-order valence-electron chi connectivity index (χ0n) is 10.1. The van der Waals surface area contributed by atoms with Crippen LogP contribution in [-0.2, 0) is 0 Å². The van der Waals surface area contributed by atoms with Crippen molar-refractivity contribution in [1.82, 2.24) is 0 Å². The number of nitrogens with two attached hydrogens (primary N) is 1. The van der Waals surface area contributed by atoms with Crippen molar-refractivity contribution in [3.8, 4) is 0 Å². The maximum atomic E-state index is 12.6. The summed E-state index contributed by atoms with van der Waals surface area (Å²) in [4.78, 5) is 0. The van der Waals surface area contributed by atoms with E-state index >= 15 is 0 Å². The van der Waals surface area contributed by atoms with Gasteiger partial charge in [0.2, 0.25) is 0 Å². The van der Waals surface area contributed by atoms with Gasteiger partial charge in [-0.2, -0.15) is 13.2 Å². The van der Waals surface area contributed by atoms with Gasteiger partial charge in [-0.05, 0) is 30.6 Å². The summed E-state index contributed by atoms with van der Waals surface area (Å²) < 4.78 is 37.9. The fraction of sp³-hybridized carbons (Fsp3) is 0.833. The van der Waals surface area contributed by atoms with E-state index in [0.717, 1.165) is 6.42 Å². The third-order valence-corrected chi connectivity index (χ3v) is 3.35. The van der Waals surface area contributed by atoms with Crippen LogP contribution >= 0.6 is 0 Å². The summed E-state index contributed by atoms with van der Waals surface area (Å²) in [5.74, 6) is 0.364. The molecule has 0 aromatic carbocycles. The number of hydrogen-bond donors (Lipinski definition) is 1. The highest BCUT2D eigenvalue weighted by molar-refractivity contribution is 5.18. The van der Waals surface area contributed by atoms with Gasteiger partial charge in [-0.1, -0.05) is 26.8 Å². The second-order valence-electron chi connectivity index (χ2n) is 5.50. The predicted octanol–water partition coefficient (Wildman–Crippen LogP) is 3.65. The summed E-state index contributed by atoms with van der Waals surface area (Å²) in [7, 11) is 0. The Balaban J connectivity index is 2.86. The van der Waals surface area contributed by atoms with Crippen molar-refractivity contribution < 1.29 is 13.2 Å². The van der Waals surface area contributed by atoms with E-state index in [0.29, 0.717) is 12.3 Å². The van der Waals surface area contributed by atoms with E-state index in [1.807, 2.05) is 20.8 Å². The lowest BCUT2D eigenvalue weighted by atomic mass is 9.68. The average Bonchev–Trinajstić information content (AvgIpc) is 2.06. The van der Waals surface area contributed by atoms with Crippen LogP contribution in [0.3, 0.4) is 0 Å². The van der Waals surface area contributed by atoms with Crippen LogP contribution in [0.4, 0.5) is 13.2 Å².